The van der Waals surface area contributed by atoms with Crippen LogP contribution in [0.15, 0.2) is 18.2 Å². The number of amidine groups is 1. The summed E-state index contributed by atoms with van der Waals surface area (Å²) in [5, 5.41) is 28.4. The van der Waals surface area contributed by atoms with Crippen molar-refractivity contribution < 1.29 is 29.3 Å². The molecule has 10 heteroatoms. The first kappa shape index (κ1) is 27.1. The molecular weight excluding hydrogens is 440 g/mol. The standard InChI is InChI=1S/C22H32N4O4.C2H4O2/c1-30-18-12-15(20(23)24)9-10-16(18)13-25-21(28)17-8-5-11-26(17)22(29)19(27)14-6-3-2-4-7-14;1-2(3)4/h9-10,12,14,17,19,27H,2-8,11,13H2,1H3,(H3,23,24)(H,25,28);1H3,(H,3,4)/t17-,19?;/m1./s1. The highest BCUT2D eigenvalue weighted by Crippen LogP contribution is 2.29. The molecule has 3 rings (SSSR count). The number of carboxylic acids is 1. The number of ether oxygens (including phenoxy) is 1. The first-order chi connectivity index (χ1) is 16.1. The van der Waals surface area contributed by atoms with Gasteiger partial charge in [-0.25, -0.2) is 0 Å². The Kier molecular flexibility index (Phi) is 10.3. The molecule has 34 heavy (non-hydrogen) atoms. The summed E-state index contributed by atoms with van der Waals surface area (Å²) in [6.07, 6.45) is 5.31. The summed E-state index contributed by atoms with van der Waals surface area (Å²) in [6.45, 7) is 1.82. The summed E-state index contributed by atoms with van der Waals surface area (Å²) in [5.41, 5.74) is 6.82. The predicted molar refractivity (Wildman–Crippen MR) is 126 cm³/mol. The van der Waals surface area contributed by atoms with Gasteiger partial charge in [0.05, 0.1) is 7.11 Å². The van der Waals surface area contributed by atoms with Crippen molar-refractivity contribution in [3.05, 3.63) is 29.3 Å². The third-order valence-electron chi connectivity index (χ3n) is 6.24. The van der Waals surface area contributed by atoms with Crippen LogP contribution in [0.25, 0.3) is 0 Å². The zero-order valence-electron chi connectivity index (χ0n) is 19.9. The van der Waals surface area contributed by atoms with Crippen LogP contribution in [0.5, 0.6) is 5.75 Å². The molecule has 188 valence electrons. The van der Waals surface area contributed by atoms with Gasteiger partial charge in [-0.2, -0.15) is 0 Å². The molecule has 10 nitrogen and oxygen atoms in total. The number of nitrogen functional groups attached to an aromatic ring is 1. The van der Waals surface area contributed by atoms with Crippen molar-refractivity contribution in [2.75, 3.05) is 13.7 Å². The summed E-state index contributed by atoms with van der Waals surface area (Å²) in [5.74, 6) is -0.896. The van der Waals surface area contributed by atoms with Gasteiger partial charge in [0.2, 0.25) is 5.91 Å². The van der Waals surface area contributed by atoms with Crippen molar-refractivity contribution in [1.82, 2.24) is 10.2 Å². The van der Waals surface area contributed by atoms with Gasteiger partial charge in [-0.3, -0.25) is 19.8 Å². The molecule has 2 fully saturated rings. The van der Waals surface area contributed by atoms with Gasteiger partial charge in [-0.15, -0.1) is 0 Å². The summed E-state index contributed by atoms with van der Waals surface area (Å²) >= 11 is 0. The van der Waals surface area contributed by atoms with Crippen LogP contribution in [0.4, 0.5) is 0 Å². The van der Waals surface area contributed by atoms with Crippen molar-refractivity contribution in [2.45, 2.75) is 70.6 Å². The summed E-state index contributed by atoms with van der Waals surface area (Å²) < 4.78 is 5.35. The lowest BCUT2D eigenvalue weighted by molar-refractivity contribution is -0.148. The number of methoxy groups -OCH3 is 1. The molecule has 0 radical (unpaired) electrons. The molecule has 6 N–H and O–H groups in total. The van der Waals surface area contributed by atoms with Crippen LogP contribution in [0.1, 0.15) is 63.0 Å². The molecule has 1 aromatic rings. The van der Waals surface area contributed by atoms with E-state index < -0.39 is 18.1 Å². The quantitative estimate of drug-likeness (QED) is 0.294. The first-order valence-corrected chi connectivity index (χ1v) is 11.6. The number of rotatable bonds is 7. The molecule has 0 aromatic heterocycles. The van der Waals surface area contributed by atoms with Gasteiger partial charge in [-0.05, 0) is 37.7 Å². The monoisotopic (exact) mass is 476 g/mol. The second-order valence-corrected chi connectivity index (χ2v) is 8.71. The van der Waals surface area contributed by atoms with Crippen molar-refractivity contribution in [3.63, 3.8) is 0 Å². The summed E-state index contributed by atoms with van der Waals surface area (Å²) in [4.78, 5) is 36.3. The number of carboxylic acid groups (broad SMARTS) is 1. The van der Waals surface area contributed by atoms with E-state index in [0.717, 1.165) is 51.0 Å². The Morgan fingerprint density at radius 1 is 1.21 bits per heavy atom. The number of carbonyl (C=O) groups excluding carboxylic acids is 2. The van der Waals surface area contributed by atoms with Gasteiger partial charge in [0.15, 0.2) is 0 Å². The first-order valence-electron chi connectivity index (χ1n) is 11.6. The zero-order chi connectivity index (χ0) is 25.3. The Balaban J connectivity index is 0.000000945. The molecule has 1 aromatic carbocycles. The zero-order valence-corrected chi connectivity index (χ0v) is 19.9. The lowest BCUT2D eigenvalue weighted by Crippen LogP contribution is -2.50. The second kappa shape index (κ2) is 12.9. The predicted octanol–water partition coefficient (Wildman–Crippen LogP) is 1.62. The van der Waals surface area contributed by atoms with Crippen molar-refractivity contribution in [3.8, 4) is 5.75 Å². The number of aliphatic hydroxyl groups excluding tert-OH is 1. The van der Waals surface area contributed by atoms with Crippen molar-refractivity contribution in [1.29, 1.82) is 5.41 Å². The molecule has 1 aliphatic heterocycles. The largest absolute Gasteiger partial charge is 0.496 e. The minimum Gasteiger partial charge on any atom is -0.496 e. The van der Waals surface area contributed by atoms with Gasteiger partial charge in [0.1, 0.15) is 23.7 Å². The van der Waals surface area contributed by atoms with Crippen LogP contribution in [0, 0.1) is 11.3 Å². The smallest absolute Gasteiger partial charge is 0.300 e. The molecule has 2 aliphatic rings. The van der Waals surface area contributed by atoms with E-state index in [1.165, 1.54) is 7.11 Å². The van der Waals surface area contributed by atoms with Crippen LogP contribution in [0.2, 0.25) is 0 Å². The number of hydrogen-bond acceptors (Lipinski definition) is 6. The van der Waals surface area contributed by atoms with E-state index in [9.17, 15) is 14.7 Å². The molecule has 1 saturated heterocycles. The number of benzene rings is 1. The van der Waals surface area contributed by atoms with E-state index in [-0.39, 0.29) is 30.1 Å². The topological polar surface area (TPSA) is 166 Å². The third kappa shape index (κ3) is 7.44. The molecule has 0 spiro atoms. The fourth-order valence-corrected chi connectivity index (χ4v) is 4.48. The number of nitrogens with two attached hydrogens (primary N) is 1. The molecule has 2 amide bonds. The maximum Gasteiger partial charge on any atom is 0.300 e. The van der Waals surface area contributed by atoms with Gasteiger partial charge in [-0.1, -0.05) is 31.4 Å². The Morgan fingerprint density at radius 3 is 2.44 bits per heavy atom. The number of nitrogens with one attached hydrogen (secondary N) is 2. The van der Waals surface area contributed by atoms with Gasteiger partial charge in [0, 0.05) is 31.1 Å². The number of aliphatic hydroxyl groups is 1. The third-order valence-corrected chi connectivity index (χ3v) is 6.24. The molecule has 1 heterocycles. The summed E-state index contributed by atoms with van der Waals surface area (Å²) in [7, 11) is 1.52. The number of carbonyl (C=O) groups is 3. The van der Waals surface area contributed by atoms with Crippen LogP contribution >= 0.6 is 0 Å². The normalized spacial score (nSPS) is 18.9. The maximum atomic E-state index is 12.9. The van der Waals surface area contributed by atoms with Crippen molar-refractivity contribution in [2.24, 2.45) is 11.7 Å². The molecular formula is C24H36N4O6. The van der Waals surface area contributed by atoms with Crippen LogP contribution in [0.3, 0.4) is 0 Å². The van der Waals surface area contributed by atoms with Gasteiger partial charge in [0.25, 0.3) is 11.9 Å². The van der Waals surface area contributed by atoms with E-state index in [0.29, 0.717) is 24.3 Å². The number of amides is 2. The highest BCUT2D eigenvalue weighted by atomic mass is 16.5. The Bertz CT molecular complexity index is 880. The SMILES string of the molecule is CC(=O)O.COc1cc(C(=N)N)ccc1CNC(=O)[C@H]1CCCN1C(=O)C(O)C1CCCCC1. The highest BCUT2D eigenvalue weighted by Gasteiger charge is 2.39. The second-order valence-electron chi connectivity index (χ2n) is 8.71. The lowest BCUT2D eigenvalue weighted by Gasteiger charge is -2.31. The molecule has 1 aliphatic carbocycles. The number of likely N-dealkylation sites (tertiary alicyclic amines) is 1. The van der Waals surface area contributed by atoms with Gasteiger partial charge >= 0.3 is 0 Å². The number of hydrogen-bond donors (Lipinski definition) is 5. The average Bonchev–Trinajstić information content (AvgIpc) is 3.31. The number of nitrogens with zero attached hydrogens (tertiary/aromatic N) is 1. The molecule has 0 bridgehead atoms. The summed E-state index contributed by atoms with van der Waals surface area (Å²) in [6, 6.07) is 4.58. The Labute approximate surface area is 200 Å². The van der Waals surface area contributed by atoms with E-state index in [2.05, 4.69) is 5.32 Å². The van der Waals surface area contributed by atoms with Crippen LogP contribution in [-0.4, -0.2) is 64.5 Å². The van der Waals surface area contributed by atoms with E-state index in [1.54, 1.807) is 23.1 Å². The van der Waals surface area contributed by atoms with E-state index in [1.807, 2.05) is 0 Å². The minimum atomic E-state index is -1.02. The molecule has 1 saturated carbocycles. The fraction of sp³-hybridized carbons (Fsp3) is 0.583. The average molecular weight is 477 g/mol. The highest BCUT2D eigenvalue weighted by molar-refractivity contribution is 5.95. The fourth-order valence-electron chi connectivity index (χ4n) is 4.48. The molecule has 1 unspecified atom stereocenters. The van der Waals surface area contributed by atoms with E-state index >= 15 is 0 Å². The Hall–Kier alpha value is -3.14. The number of aliphatic carboxylic acids is 1. The van der Waals surface area contributed by atoms with Crippen molar-refractivity contribution >= 4 is 23.6 Å². The van der Waals surface area contributed by atoms with Gasteiger partial charge < -0.3 is 30.9 Å². The Morgan fingerprint density at radius 2 is 1.85 bits per heavy atom. The minimum absolute atomic E-state index is 0.000358. The molecule has 2 atom stereocenters. The van der Waals surface area contributed by atoms with Crippen LogP contribution in [-0.2, 0) is 20.9 Å². The maximum absolute atomic E-state index is 12.9. The van der Waals surface area contributed by atoms with Crippen LogP contribution < -0.4 is 15.8 Å². The van der Waals surface area contributed by atoms with E-state index in [4.69, 9.17) is 25.8 Å². The lowest BCUT2D eigenvalue weighted by atomic mass is 9.84.